The minimum absolute atomic E-state index is 0.154. The van der Waals surface area contributed by atoms with Crippen LogP contribution in [0.4, 0.5) is 4.39 Å². The lowest BCUT2D eigenvalue weighted by molar-refractivity contribution is 0.0589. The van der Waals surface area contributed by atoms with Crippen molar-refractivity contribution < 1.29 is 23.8 Å². The number of hydrogen-bond donors (Lipinski definition) is 1. The third-order valence-electron chi connectivity index (χ3n) is 3.73. The van der Waals surface area contributed by atoms with Crippen LogP contribution >= 0.6 is 0 Å². The van der Waals surface area contributed by atoms with Gasteiger partial charge in [-0.15, -0.1) is 0 Å². The van der Waals surface area contributed by atoms with Crippen molar-refractivity contribution in [3.05, 3.63) is 59.2 Å². The Morgan fingerprint density at radius 2 is 1.92 bits per heavy atom. The zero-order valence-electron chi connectivity index (χ0n) is 13.6. The summed E-state index contributed by atoms with van der Waals surface area (Å²) in [4.78, 5) is 20.0. The predicted molar refractivity (Wildman–Crippen MR) is 88.3 cm³/mol. The maximum absolute atomic E-state index is 13.0. The Morgan fingerprint density at radius 1 is 1.20 bits per heavy atom. The van der Waals surface area contributed by atoms with Crippen molar-refractivity contribution >= 4 is 16.9 Å². The van der Waals surface area contributed by atoms with Crippen molar-refractivity contribution in [2.75, 3.05) is 14.2 Å². The molecule has 3 aromatic rings. The summed E-state index contributed by atoms with van der Waals surface area (Å²) in [5.74, 6) is -1.29. The molecule has 2 aromatic heterocycles. The van der Waals surface area contributed by atoms with E-state index in [0.717, 1.165) is 11.1 Å². The van der Waals surface area contributed by atoms with Gasteiger partial charge in [0.2, 0.25) is 5.88 Å². The summed E-state index contributed by atoms with van der Waals surface area (Å²) in [6.07, 6.45) is 2.10. The number of rotatable bonds is 4. The summed E-state index contributed by atoms with van der Waals surface area (Å²) in [5.41, 5.74) is 1.66. The van der Waals surface area contributed by atoms with Crippen molar-refractivity contribution in [3.8, 4) is 11.6 Å². The van der Waals surface area contributed by atoms with Gasteiger partial charge in [0.25, 0.3) is 0 Å². The lowest BCUT2D eigenvalue weighted by Gasteiger charge is -2.11. The van der Waals surface area contributed by atoms with E-state index in [-0.39, 0.29) is 28.7 Å². The second-order valence-corrected chi connectivity index (χ2v) is 5.35. The van der Waals surface area contributed by atoms with E-state index in [9.17, 15) is 14.3 Å². The Labute approximate surface area is 142 Å². The topological polar surface area (TPSA) is 81.5 Å². The SMILES string of the molecule is COC(=O)c1nc(OC)c2cc(Cc3ccc(F)cc3)cnc2c1O. The van der Waals surface area contributed by atoms with Crippen LogP contribution in [-0.2, 0) is 11.2 Å². The molecule has 0 atom stereocenters. The van der Waals surface area contributed by atoms with Gasteiger partial charge in [0.1, 0.15) is 11.3 Å². The van der Waals surface area contributed by atoms with Gasteiger partial charge < -0.3 is 14.6 Å². The van der Waals surface area contributed by atoms with Crippen LogP contribution in [0.5, 0.6) is 11.6 Å². The van der Waals surface area contributed by atoms with Gasteiger partial charge in [0, 0.05) is 6.20 Å². The average molecular weight is 342 g/mol. The Kier molecular flexibility index (Phi) is 4.47. The van der Waals surface area contributed by atoms with Gasteiger partial charge in [-0.1, -0.05) is 12.1 Å². The zero-order chi connectivity index (χ0) is 18.0. The quantitative estimate of drug-likeness (QED) is 0.734. The minimum atomic E-state index is -0.783. The number of ether oxygens (including phenoxy) is 2. The number of hydrogen-bond acceptors (Lipinski definition) is 6. The van der Waals surface area contributed by atoms with E-state index in [2.05, 4.69) is 14.7 Å². The number of fused-ring (bicyclic) bond motifs is 1. The summed E-state index contributed by atoms with van der Waals surface area (Å²) in [6, 6.07) is 7.92. The van der Waals surface area contributed by atoms with Crippen LogP contribution in [-0.4, -0.2) is 35.3 Å². The van der Waals surface area contributed by atoms with Crippen LogP contribution in [0.25, 0.3) is 10.9 Å². The highest BCUT2D eigenvalue weighted by molar-refractivity contribution is 5.99. The number of aromatic hydroxyl groups is 1. The molecule has 0 amide bonds. The summed E-state index contributed by atoms with van der Waals surface area (Å²) >= 11 is 0. The second kappa shape index (κ2) is 6.72. The number of esters is 1. The van der Waals surface area contributed by atoms with E-state index in [1.54, 1.807) is 24.4 Å². The Hall–Kier alpha value is -3.22. The van der Waals surface area contributed by atoms with Crippen molar-refractivity contribution in [1.29, 1.82) is 0 Å². The molecule has 0 spiro atoms. The molecule has 0 saturated heterocycles. The third-order valence-corrected chi connectivity index (χ3v) is 3.73. The molecule has 3 rings (SSSR count). The Bertz CT molecular complexity index is 942. The summed E-state index contributed by atoms with van der Waals surface area (Å²) in [6.45, 7) is 0. The lowest BCUT2D eigenvalue weighted by atomic mass is 10.0. The molecular weight excluding hydrogens is 327 g/mol. The highest BCUT2D eigenvalue weighted by Crippen LogP contribution is 2.33. The maximum Gasteiger partial charge on any atom is 0.360 e. The number of carbonyl (C=O) groups excluding carboxylic acids is 1. The largest absolute Gasteiger partial charge is 0.504 e. The van der Waals surface area contributed by atoms with Crippen molar-refractivity contribution in [3.63, 3.8) is 0 Å². The van der Waals surface area contributed by atoms with Gasteiger partial charge in [0.15, 0.2) is 11.4 Å². The smallest absolute Gasteiger partial charge is 0.360 e. The number of halogens is 1. The summed E-state index contributed by atoms with van der Waals surface area (Å²) in [5, 5.41) is 10.7. The molecule has 7 heteroatoms. The van der Waals surface area contributed by atoms with Crippen LogP contribution in [0.3, 0.4) is 0 Å². The Morgan fingerprint density at radius 3 is 2.56 bits per heavy atom. The van der Waals surface area contributed by atoms with Gasteiger partial charge in [-0.3, -0.25) is 4.98 Å². The first-order valence-corrected chi connectivity index (χ1v) is 7.41. The van der Waals surface area contributed by atoms with Crippen molar-refractivity contribution in [1.82, 2.24) is 9.97 Å². The first kappa shape index (κ1) is 16.6. The number of methoxy groups -OCH3 is 2. The first-order chi connectivity index (χ1) is 12.0. The molecule has 0 radical (unpaired) electrons. The van der Waals surface area contributed by atoms with Crippen LogP contribution in [0.1, 0.15) is 21.6 Å². The van der Waals surface area contributed by atoms with E-state index in [1.165, 1.54) is 26.4 Å². The summed E-state index contributed by atoms with van der Waals surface area (Å²) < 4.78 is 22.8. The molecule has 1 N–H and O–H groups in total. The van der Waals surface area contributed by atoms with Gasteiger partial charge in [-0.2, -0.15) is 0 Å². The zero-order valence-corrected chi connectivity index (χ0v) is 13.6. The molecular formula is C18H15FN2O4. The predicted octanol–water partition coefficient (Wildman–Crippen LogP) is 2.86. The normalized spacial score (nSPS) is 10.7. The molecule has 1 aromatic carbocycles. The highest BCUT2D eigenvalue weighted by Gasteiger charge is 2.21. The first-order valence-electron chi connectivity index (χ1n) is 7.41. The monoisotopic (exact) mass is 342 g/mol. The molecule has 0 bridgehead atoms. The van der Waals surface area contributed by atoms with Gasteiger partial charge >= 0.3 is 5.97 Å². The fraction of sp³-hybridized carbons (Fsp3) is 0.167. The third kappa shape index (κ3) is 3.21. The van der Waals surface area contributed by atoms with Crippen LogP contribution < -0.4 is 4.74 Å². The van der Waals surface area contributed by atoms with E-state index in [0.29, 0.717) is 11.8 Å². The van der Waals surface area contributed by atoms with Crippen molar-refractivity contribution in [2.24, 2.45) is 0 Å². The fourth-order valence-corrected chi connectivity index (χ4v) is 2.52. The van der Waals surface area contributed by atoms with Crippen LogP contribution in [0, 0.1) is 5.82 Å². The molecule has 0 aliphatic rings. The number of carbonyl (C=O) groups is 1. The number of nitrogens with zero attached hydrogens (tertiary/aromatic N) is 2. The Balaban J connectivity index is 2.07. The van der Waals surface area contributed by atoms with E-state index < -0.39 is 5.97 Å². The number of aromatic nitrogens is 2. The van der Waals surface area contributed by atoms with E-state index in [4.69, 9.17) is 4.74 Å². The van der Waals surface area contributed by atoms with Gasteiger partial charge in [-0.25, -0.2) is 14.2 Å². The van der Waals surface area contributed by atoms with E-state index in [1.807, 2.05) is 0 Å². The summed E-state index contributed by atoms with van der Waals surface area (Å²) in [7, 11) is 2.60. The molecule has 25 heavy (non-hydrogen) atoms. The second-order valence-electron chi connectivity index (χ2n) is 5.35. The molecule has 128 valence electrons. The maximum atomic E-state index is 13.0. The van der Waals surface area contributed by atoms with E-state index >= 15 is 0 Å². The highest BCUT2D eigenvalue weighted by atomic mass is 19.1. The number of pyridine rings is 2. The molecule has 0 aliphatic heterocycles. The molecule has 0 aliphatic carbocycles. The lowest BCUT2D eigenvalue weighted by Crippen LogP contribution is -2.07. The van der Waals surface area contributed by atoms with Gasteiger partial charge in [-0.05, 0) is 35.7 Å². The standard InChI is InChI=1S/C18H15FN2O4/c1-24-17-13-8-11(7-10-3-5-12(19)6-4-10)9-20-14(13)16(22)15(21-17)18(23)25-2/h3-6,8-9,22H,7H2,1-2H3. The molecule has 0 unspecified atom stereocenters. The molecule has 6 nitrogen and oxygen atoms in total. The van der Waals surface area contributed by atoms with Crippen LogP contribution in [0.15, 0.2) is 36.5 Å². The molecule has 0 fully saturated rings. The van der Waals surface area contributed by atoms with Crippen molar-refractivity contribution in [2.45, 2.75) is 6.42 Å². The fourth-order valence-electron chi connectivity index (χ4n) is 2.52. The minimum Gasteiger partial charge on any atom is -0.504 e. The van der Waals surface area contributed by atoms with Crippen LogP contribution in [0.2, 0.25) is 0 Å². The average Bonchev–Trinajstić information content (AvgIpc) is 2.63. The number of benzene rings is 1. The van der Waals surface area contributed by atoms with Gasteiger partial charge in [0.05, 0.1) is 19.6 Å². The molecule has 0 saturated carbocycles. The molecule has 2 heterocycles.